The largest absolute Gasteiger partial charge is 0.459 e. The highest BCUT2D eigenvalue weighted by Gasteiger charge is 2.53. The third kappa shape index (κ3) is 9.08. The predicted octanol–water partition coefficient (Wildman–Crippen LogP) is 4.74. The summed E-state index contributed by atoms with van der Waals surface area (Å²) in [5.41, 5.74) is -0.844. The van der Waals surface area contributed by atoms with Gasteiger partial charge in [-0.1, -0.05) is 58.0 Å². The van der Waals surface area contributed by atoms with Gasteiger partial charge in [0.05, 0.1) is 42.8 Å². The Labute approximate surface area is 320 Å². The SMILES string of the molecule is CC[C@@H]1OC(=O)[C@H](C)C(=O)[C@H](C)[C@@H](O[C@@H]2O[C@H](C)C[C@H](N(C)C)[C@H]2O)[C@@](C)(OC/C=C\c2cnc3ccccc3c2)C[C@@H](C)[C@@H]2NCO[C@H]([C@@H]2C)[C@]1(C)O. The average Bonchev–Trinajstić information content (AvgIpc) is 3.13. The molecule has 0 radical (unpaired) electrons. The summed E-state index contributed by atoms with van der Waals surface area (Å²) in [6, 6.07) is 9.60. The first-order valence-corrected chi connectivity index (χ1v) is 19.6. The van der Waals surface area contributed by atoms with Crippen molar-refractivity contribution < 1.29 is 43.5 Å². The lowest BCUT2D eigenvalue weighted by Crippen LogP contribution is -2.64. The van der Waals surface area contributed by atoms with Crippen LogP contribution in [0.15, 0.2) is 42.6 Å². The van der Waals surface area contributed by atoms with Crippen molar-refractivity contribution in [1.29, 1.82) is 0 Å². The van der Waals surface area contributed by atoms with E-state index in [0.29, 0.717) is 19.3 Å². The number of carbonyl (C=O) groups is 2. The van der Waals surface area contributed by atoms with Gasteiger partial charge < -0.3 is 38.8 Å². The molecule has 54 heavy (non-hydrogen) atoms. The number of aromatic nitrogens is 1. The molecule has 0 saturated carbocycles. The molecule has 4 heterocycles. The van der Waals surface area contributed by atoms with Crippen molar-refractivity contribution in [2.24, 2.45) is 23.7 Å². The molecule has 12 heteroatoms. The number of Topliss-reactive ketones (excluding diaryl/α,β-unsaturated/α-hetero) is 1. The highest BCUT2D eigenvalue weighted by Crippen LogP contribution is 2.41. The van der Waals surface area contributed by atoms with Gasteiger partial charge in [-0.2, -0.15) is 0 Å². The summed E-state index contributed by atoms with van der Waals surface area (Å²) in [7, 11) is 3.82. The topological polar surface area (TPSA) is 149 Å². The molecule has 3 N–H and O–H groups in total. The summed E-state index contributed by atoms with van der Waals surface area (Å²) in [5.74, 6) is -3.48. The second kappa shape index (κ2) is 17.5. The molecule has 1 aromatic carbocycles. The number of aliphatic hydroxyl groups excluding tert-OH is 1. The fourth-order valence-corrected chi connectivity index (χ4v) is 9.10. The second-order valence-corrected chi connectivity index (χ2v) is 16.6. The van der Waals surface area contributed by atoms with Crippen LogP contribution in [0.5, 0.6) is 0 Å². The van der Waals surface area contributed by atoms with Gasteiger partial charge in [-0.3, -0.25) is 19.9 Å². The molecule has 0 aliphatic carbocycles. The number of cyclic esters (lactones) is 1. The molecule has 12 nitrogen and oxygen atoms in total. The number of rotatable bonds is 8. The minimum Gasteiger partial charge on any atom is -0.459 e. The van der Waals surface area contributed by atoms with E-state index in [2.05, 4.69) is 23.3 Å². The number of para-hydroxylation sites is 1. The number of aliphatic hydroxyl groups is 2. The Kier molecular flexibility index (Phi) is 13.8. The van der Waals surface area contributed by atoms with E-state index >= 15 is 0 Å². The maximum Gasteiger partial charge on any atom is 0.316 e. The number of benzene rings is 1. The Morgan fingerprint density at radius 3 is 2.54 bits per heavy atom. The number of ether oxygens (including phenoxy) is 5. The monoisotopic (exact) mass is 753 g/mol. The molecule has 3 fully saturated rings. The van der Waals surface area contributed by atoms with Crippen LogP contribution in [0.4, 0.5) is 0 Å². The highest BCUT2D eigenvalue weighted by molar-refractivity contribution is 6.00. The fourth-order valence-electron chi connectivity index (χ4n) is 9.10. The number of pyridine rings is 1. The van der Waals surface area contributed by atoms with E-state index in [9.17, 15) is 19.8 Å². The molecule has 5 rings (SSSR count). The van der Waals surface area contributed by atoms with Crippen molar-refractivity contribution in [3.63, 3.8) is 0 Å². The second-order valence-electron chi connectivity index (χ2n) is 16.6. The van der Waals surface area contributed by atoms with Crippen molar-refractivity contribution in [1.82, 2.24) is 15.2 Å². The molecule has 3 saturated heterocycles. The smallest absolute Gasteiger partial charge is 0.316 e. The molecule has 0 spiro atoms. The molecule has 3 aliphatic rings. The van der Waals surface area contributed by atoms with E-state index in [1.54, 1.807) is 13.8 Å². The maximum absolute atomic E-state index is 14.4. The van der Waals surface area contributed by atoms with Crippen LogP contribution in [0.1, 0.15) is 80.2 Å². The van der Waals surface area contributed by atoms with Crippen LogP contribution in [0.25, 0.3) is 17.0 Å². The zero-order chi connectivity index (χ0) is 39.5. The lowest BCUT2D eigenvalue weighted by molar-refractivity contribution is -0.297. The standard InChI is InChI=1S/C42H63N3O9/c1-11-33-42(8,49)38-26(4)34(44-23-50-38)24(2)21-41(7,51-18-14-15-29-20-30-16-12-13-17-31(30)43-22-29)37(27(5)35(46)28(6)39(48)53-33)54-40-36(47)32(45(9)10)19-25(3)52-40/h12-17,20,22,24-28,32-34,36-38,40,44,47,49H,11,18-19,21,23H2,1-10H3/b15-14-/t24-,25-,26-,27+,28-,32+,33+,34+,36-,37-,38-,40+,41+,42-/m1/s1. The molecule has 300 valence electrons. The Bertz CT molecular complexity index is 1620. The minimum absolute atomic E-state index is 0.0806. The maximum atomic E-state index is 14.4. The van der Waals surface area contributed by atoms with Gasteiger partial charge in [-0.25, -0.2) is 0 Å². The molecule has 3 aliphatic heterocycles. The first-order valence-electron chi connectivity index (χ1n) is 19.6. The van der Waals surface area contributed by atoms with Crippen LogP contribution >= 0.6 is 0 Å². The molecule has 2 aromatic rings. The Morgan fingerprint density at radius 1 is 1.11 bits per heavy atom. The number of nitrogens with one attached hydrogen (secondary N) is 1. The minimum atomic E-state index is -1.52. The van der Waals surface area contributed by atoms with E-state index < -0.39 is 65.5 Å². The van der Waals surface area contributed by atoms with Gasteiger partial charge in [0.15, 0.2) is 12.1 Å². The van der Waals surface area contributed by atoms with Crippen LogP contribution in [-0.4, -0.2) is 119 Å². The van der Waals surface area contributed by atoms with Crippen molar-refractivity contribution >= 4 is 28.7 Å². The van der Waals surface area contributed by atoms with E-state index in [0.717, 1.165) is 16.5 Å². The number of likely N-dealkylation sites (N-methyl/N-ethyl adjacent to an activating group) is 1. The number of hydrogen-bond acceptors (Lipinski definition) is 12. The number of fused-ring (bicyclic) bond motifs is 3. The molecule has 2 bridgehead atoms. The first kappa shape index (κ1) is 42.3. The molecule has 14 atom stereocenters. The van der Waals surface area contributed by atoms with Gasteiger partial charge in [-0.15, -0.1) is 0 Å². The first-order chi connectivity index (χ1) is 25.5. The summed E-state index contributed by atoms with van der Waals surface area (Å²) >= 11 is 0. The summed E-state index contributed by atoms with van der Waals surface area (Å²) in [4.78, 5) is 34.7. The quantitative estimate of drug-likeness (QED) is 0.253. The van der Waals surface area contributed by atoms with Crippen LogP contribution < -0.4 is 5.32 Å². The van der Waals surface area contributed by atoms with Gasteiger partial charge in [0.25, 0.3) is 0 Å². The van der Waals surface area contributed by atoms with Gasteiger partial charge in [0, 0.05) is 35.5 Å². The lowest BCUT2D eigenvalue weighted by Gasteiger charge is -2.50. The predicted molar refractivity (Wildman–Crippen MR) is 206 cm³/mol. The Balaban J connectivity index is 1.55. The molecule has 1 aromatic heterocycles. The molecular formula is C42H63N3O9. The van der Waals surface area contributed by atoms with E-state index in [1.807, 2.05) is 89.3 Å². The van der Waals surface area contributed by atoms with Gasteiger partial charge in [0.2, 0.25) is 0 Å². The van der Waals surface area contributed by atoms with Crippen LogP contribution in [0, 0.1) is 23.7 Å². The van der Waals surface area contributed by atoms with E-state index in [4.69, 9.17) is 23.7 Å². The van der Waals surface area contributed by atoms with Crippen LogP contribution in [-0.2, 0) is 33.3 Å². The zero-order valence-corrected chi connectivity index (χ0v) is 33.7. The lowest BCUT2D eigenvalue weighted by atomic mass is 9.72. The third-order valence-corrected chi connectivity index (χ3v) is 12.1. The summed E-state index contributed by atoms with van der Waals surface area (Å²) in [6.07, 6.45) is 2.22. The summed E-state index contributed by atoms with van der Waals surface area (Å²) < 4.78 is 32.1. The zero-order valence-electron chi connectivity index (χ0n) is 33.7. The summed E-state index contributed by atoms with van der Waals surface area (Å²) in [6.45, 7) is 15.2. The van der Waals surface area contributed by atoms with Crippen molar-refractivity contribution in [2.45, 2.75) is 135 Å². The molecular weight excluding hydrogens is 690 g/mol. The number of nitrogens with zero attached hydrogens (tertiary/aromatic N) is 2. The normalized spacial score (nSPS) is 40.2. The van der Waals surface area contributed by atoms with Crippen LogP contribution in [0.2, 0.25) is 0 Å². The van der Waals surface area contributed by atoms with Crippen molar-refractivity contribution in [3.8, 4) is 0 Å². The third-order valence-electron chi connectivity index (χ3n) is 12.1. The van der Waals surface area contributed by atoms with Crippen molar-refractivity contribution in [2.75, 3.05) is 27.4 Å². The number of esters is 1. The number of ketones is 1. The molecule has 0 unspecified atom stereocenters. The average molecular weight is 754 g/mol. The van der Waals surface area contributed by atoms with Gasteiger partial charge in [0.1, 0.15) is 23.7 Å². The van der Waals surface area contributed by atoms with Crippen LogP contribution in [0.3, 0.4) is 0 Å². The van der Waals surface area contributed by atoms with Gasteiger partial charge >= 0.3 is 5.97 Å². The Morgan fingerprint density at radius 2 is 1.83 bits per heavy atom. The summed E-state index contributed by atoms with van der Waals surface area (Å²) in [5, 5.41) is 28.1. The van der Waals surface area contributed by atoms with Crippen molar-refractivity contribution in [3.05, 3.63) is 48.2 Å². The number of hydrogen-bond donors (Lipinski definition) is 3. The highest BCUT2D eigenvalue weighted by atomic mass is 16.7. The van der Waals surface area contributed by atoms with E-state index in [1.165, 1.54) is 6.92 Å². The van der Waals surface area contributed by atoms with E-state index in [-0.39, 0.29) is 43.4 Å². The number of carbonyl (C=O) groups excluding carboxylic acids is 2. The molecule has 0 amide bonds. The van der Waals surface area contributed by atoms with Gasteiger partial charge in [-0.05, 0) is 84.7 Å². The fraction of sp³-hybridized carbons (Fsp3) is 0.690. The Hall–Kier alpha value is -2.81.